The van der Waals surface area contributed by atoms with E-state index in [1.165, 1.54) is 4.90 Å². The van der Waals surface area contributed by atoms with Crippen LogP contribution in [-0.4, -0.2) is 39.0 Å². The molecule has 1 aromatic rings. The fourth-order valence-electron chi connectivity index (χ4n) is 2.31. The molecule has 3 rings (SSSR count). The SMILES string of the molecule is Cc1[nH]ncc1CNC1CC(=O)N(C2CC2)C1=O. The third-order valence-corrected chi connectivity index (χ3v) is 3.57. The van der Waals surface area contributed by atoms with Gasteiger partial charge in [0, 0.05) is 23.8 Å². The second-order valence-corrected chi connectivity index (χ2v) is 4.99. The van der Waals surface area contributed by atoms with Gasteiger partial charge in [0.2, 0.25) is 11.8 Å². The number of aryl methyl sites for hydroxylation is 1. The van der Waals surface area contributed by atoms with Crippen molar-refractivity contribution in [2.24, 2.45) is 0 Å². The van der Waals surface area contributed by atoms with Crippen molar-refractivity contribution in [1.29, 1.82) is 0 Å². The molecule has 2 aliphatic rings. The Labute approximate surface area is 105 Å². The number of carbonyl (C=O) groups excluding carboxylic acids is 2. The van der Waals surface area contributed by atoms with Crippen molar-refractivity contribution in [3.05, 3.63) is 17.5 Å². The number of hydrogen-bond acceptors (Lipinski definition) is 4. The molecular weight excluding hydrogens is 232 g/mol. The van der Waals surface area contributed by atoms with Crippen LogP contribution in [0.2, 0.25) is 0 Å². The molecule has 1 unspecified atom stereocenters. The molecule has 2 N–H and O–H groups in total. The number of hydrogen-bond donors (Lipinski definition) is 2. The van der Waals surface area contributed by atoms with E-state index in [1.54, 1.807) is 6.20 Å². The molecule has 1 aliphatic heterocycles. The van der Waals surface area contributed by atoms with Crippen LogP contribution < -0.4 is 5.32 Å². The Balaban J connectivity index is 1.62. The van der Waals surface area contributed by atoms with Crippen LogP contribution in [0.5, 0.6) is 0 Å². The zero-order chi connectivity index (χ0) is 12.7. The summed E-state index contributed by atoms with van der Waals surface area (Å²) < 4.78 is 0. The summed E-state index contributed by atoms with van der Waals surface area (Å²) >= 11 is 0. The van der Waals surface area contributed by atoms with E-state index in [-0.39, 0.29) is 30.3 Å². The van der Waals surface area contributed by atoms with Gasteiger partial charge >= 0.3 is 0 Å². The van der Waals surface area contributed by atoms with Gasteiger partial charge in [0.05, 0.1) is 18.7 Å². The number of imide groups is 1. The van der Waals surface area contributed by atoms with Crippen molar-refractivity contribution in [2.75, 3.05) is 0 Å². The number of nitrogens with zero attached hydrogens (tertiary/aromatic N) is 2. The molecule has 0 radical (unpaired) electrons. The molecule has 0 aromatic carbocycles. The normalized spacial score (nSPS) is 24.1. The minimum absolute atomic E-state index is 0.0380. The van der Waals surface area contributed by atoms with Gasteiger partial charge in [-0.25, -0.2) is 0 Å². The van der Waals surface area contributed by atoms with Gasteiger partial charge in [0.15, 0.2) is 0 Å². The summed E-state index contributed by atoms with van der Waals surface area (Å²) in [5.41, 5.74) is 2.01. The van der Waals surface area contributed by atoms with Gasteiger partial charge in [0.1, 0.15) is 0 Å². The molecule has 2 fully saturated rings. The third kappa shape index (κ3) is 1.92. The highest BCUT2D eigenvalue weighted by atomic mass is 16.2. The number of rotatable bonds is 4. The molecule has 0 bridgehead atoms. The predicted molar refractivity (Wildman–Crippen MR) is 63.4 cm³/mol. The Hall–Kier alpha value is -1.69. The van der Waals surface area contributed by atoms with E-state index in [9.17, 15) is 9.59 Å². The predicted octanol–water partition coefficient (Wildman–Crippen LogP) is 0.0976. The van der Waals surface area contributed by atoms with E-state index in [0.29, 0.717) is 6.54 Å². The largest absolute Gasteiger partial charge is 0.301 e. The van der Waals surface area contributed by atoms with Crippen LogP contribution in [0.3, 0.4) is 0 Å². The Morgan fingerprint density at radius 3 is 2.89 bits per heavy atom. The lowest BCUT2D eigenvalue weighted by atomic mass is 10.2. The van der Waals surface area contributed by atoms with Crippen molar-refractivity contribution in [3.8, 4) is 0 Å². The molecule has 1 atom stereocenters. The first-order valence-electron chi connectivity index (χ1n) is 6.25. The van der Waals surface area contributed by atoms with Crippen LogP contribution >= 0.6 is 0 Å². The van der Waals surface area contributed by atoms with Gasteiger partial charge in [-0.3, -0.25) is 19.6 Å². The molecule has 18 heavy (non-hydrogen) atoms. The summed E-state index contributed by atoms with van der Waals surface area (Å²) in [4.78, 5) is 25.3. The molecule has 1 saturated carbocycles. The maximum Gasteiger partial charge on any atom is 0.247 e. The van der Waals surface area contributed by atoms with Crippen LogP contribution in [0.4, 0.5) is 0 Å². The Kier molecular flexibility index (Phi) is 2.66. The first-order chi connectivity index (χ1) is 8.66. The molecule has 6 heteroatoms. The Morgan fingerprint density at radius 2 is 2.28 bits per heavy atom. The minimum Gasteiger partial charge on any atom is -0.301 e. The summed E-state index contributed by atoms with van der Waals surface area (Å²) in [6, 6.07) is -0.195. The Morgan fingerprint density at radius 1 is 1.50 bits per heavy atom. The average Bonchev–Trinajstić information content (AvgIpc) is 3.01. The average molecular weight is 248 g/mol. The Bertz CT molecular complexity index is 492. The maximum absolute atomic E-state index is 12.1. The summed E-state index contributed by atoms with van der Waals surface area (Å²) in [6.07, 6.45) is 3.95. The molecule has 1 saturated heterocycles. The smallest absolute Gasteiger partial charge is 0.247 e. The first kappa shape index (κ1) is 11.4. The van der Waals surface area contributed by atoms with E-state index in [4.69, 9.17) is 0 Å². The van der Waals surface area contributed by atoms with Crippen LogP contribution in [0.15, 0.2) is 6.20 Å². The summed E-state index contributed by atoms with van der Waals surface area (Å²) in [5.74, 6) is -0.104. The number of aromatic amines is 1. The molecule has 0 spiro atoms. The highest BCUT2D eigenvalue weighted by molar-refractivity contribution is 6.06. The zero-order valence-corrected chi connectivity index (χ0v) is 10.3. The number of H-pyrrole nitrogens is 1. The molecule has 1 aromatic heterocycles. The zero-order valence-electron chi connectivity index (χ0n) is 10.3. The van der Waals surface area contributed by atoms with Crippen molar-refractivity contribution < 1.29 is 9.59 Å². The highest BCUT2D eigenvalue weighted by Crippen LogP contribution is 2.31. The van der Waals surface area contributed by atoms with Crippen molar-refractivity contribution >= 4 is 11.8 Å². The summed E-state index contributed by atoms with van der Waals surface area (Å²) in [5, 5.41) is 9.92. The van der Waals surface area contributed by atoms with Gasteiger partial charge in [-0.2, -0.15) is 5.10 Å². The second-order valence-electron chi connectivity index (χ2n) is 4.99. The molecule has 2 amide bonds. The highest BCUT2D eigenvalue weighted by Gasteiger charge is 2.45. The maximum atomic E-state index is 12.1. The lowest BCUT2D eigenvalue weighted by Gasteiger charge is -2.14. The number of amides is 2. The number of carbonyl (C=O) groups is 2. The lowest BCUT2D eigenvalue weighted by molar-refractivity contribution is -0.139. The van der Waals surface area contributed by atoms with E-state index in [0.717, 1.165) is 24.1 Å². The number of likely N-dealkylation sites (tertiary alicyclic amines) is 1. The third-order valence-electron chi connectivity index (χ3n) is 3.57. The number of nitrogens with one attached hydrogen (secondary N) is 2. The van der Waals surface area contributed by atoms with E-state index < -0.39 is 0 Å². The molecular formula is C12H16N4O2. The molecule has 2 heterocycles. The van der Waals surface area contributed by atoms with Crippen LogP contribution in [0.1, 0.15) is 30.5 Å². The molecule has 96 valence electrons. The standard InChI is InChI=1S/C12H16N4O2/c1-7-8(6-14-15-7)5-13-10-4-11(17)16(12(10)18)9-2-3-9/h6,9-10,13H,2-5H2,1H3,(H,14,15). The van der Waals surface area contributed by atoms with Crippen molar-refractivity contribution in [2.45, 2.75) is 44.8 Å². The fraction of sp³-hybridized carbons (Fsp3) is 0.583. The van der Waals surface area contributed by atoms with Crippen molar-refractivity contribution in [1.82, 2.24) is 20.4 Å². The van der Waals surface area contributed by atoms with E-state index >= 15 is 0 Å². The topological polar surface area (TPSA) is 78.1 Å². The van der Waals surface area contributed by atoms with E-state index in [1.807, 2.05) is 6.92 Å². The minimum atomic E-state index is -0.368. The van der Waals surface area contributed by atoms with E-state index in [2.05, 4.69) is 15.5 Å². The monoisotopic (exact) mass is 248 g/mol. The molecule has 6 nitrogen and oxygen atoms in total. The van der Waals surface area contributed by atoms with Gasteiger partial charge in [-0.15, -0.1) is 0 Å². The van der Waals surface area contributed by atoms with Gasteiger partial charge in [0.25, 0.3) is 0 Å². The molecule has 1 aliphatic carbocycles. The van der Waals surface area contributed by atoms with Crippen LogP contribution in [0.25, 0.3) is 0 Å². The van der Waals surface area contributed by atoms with Crippen molar-refractivity contribution in [3.63, 3.8) is 0 Å². The first-order valence-corrected chi connectivity index (χ1v) is 6.25. The quantitative estimate of drug-likeness (QED) is 0.741. The summed E-state index contributed by atoms with van der Waals surface area (Å²) in [6.45, 7) is 2.49. The fourth-order valence-corrected chi connectivity index (χ4v) is 2.31. The van der Waals surface area contributed by atoms with Crippen LogP contribution in [-0.2, 0) is 16.1 Å². The lowest BCUT2D eigenvalue weighted by Crippen LogP contribution is -2.39. The second kappa shape index (κ2) is 4.20. The van der Waals surface area contributed by atoms with Gasteiger partial charge < -0.3 is 5.32 Å². The van der Waals surface area contributed by atoms with Gasteiger partial charge in [-0.05, 0) is 19.8 Å². The van der Waals surface area contributed by atoms with Gasteiger partial charge in [-0.1, -0.05) is 0 Å². The summed E-state index contributed by atoms with van der Waals surface area (Å²) in [7, 11) is 0. The number of aromatic nitrogens is 2. The van der Waals surface area contributed by atoms with Crippen LogP contribution in [0, 0.1) is 6.92 Å².